The number of halogens is 2. The van der Waals surface area contributed by atoms with E-state index in [0.717, 1.165) is 29.0 Å². The Morgan fingerprint density at radius 3 is 1.61 bits per heavy atom. The molecule has 181 valence electrons. The van der Waals surface area contributed by atoms with Crippen LogP contribution in [-0.4, -0.2) is 70.3 Å². The van der Waals surface area contributed by atoms with E-state index in [2.05, 4.69) is 27.8 Å². The molecule has 0 aromatic carbocycles. The fourth-order valence-corrected chi connectivity index (χ4v) is 7.76. The first kappa shape index (κ1) is 34.3. The van der Waals surface area contributed by atoms with Crippen molar-refractivity contribution in [2.75, 3.05) is 0 Å². The number of rotatable bonds is 27. The SMILES string of the molecule is C=C(Cl)CCCCCCCCCCCCC(C[Si]O[Si]O[Si]O[Si]O[Si]O[Si]O[Si])C(=C)Cl. The molecule has 0 heterocycles. The Kier molecular flexibility index (Phi) is 29.1. The smallest absolute Gasteiger partial charge is 0.412 e. The van der Waals surface area contributed by atoms with Crippen molar-refractivity contribution in [3.05, 3.63) is 23.2 Å². The van der Waals surface area contributed by atoms with E-state index < -0.39 is 0 Å². The fraction of sp³-hybridized carbons (Fsp3) is 0.778. The lowest BCUT2D eigenvalue weighted by Crippen LogP contribution is -2.19. The first-order valence-corrected chi connectivity index (χ1v) is 17.2. The maximum Gasteiger partial charge on any atom is 0.412 e. The van der Waals surface area contributed by atoms with Gasteiger partial charge in [-0.25, -0.2) is 0 Å². The van der Waals surface area contributed by atoms with Crippen molar-refractivity contribution in [1.82, 2.24) is 0 Å². The Morgan fingerprint density at radius 2 is 1.12 bits per heavy atom. The summed E-state index contributed by atoms with van der Waals surface area (Å²) in [7, 11) is 2.66. The summed E-state index contributed by atoms with van der Waals surface area (Å²) in [5.74, 6) is 0.303. The lowest BCUT2D eigenvalue weighted by atomic mass is 10.0. The molecule has 0 fully saturated rings. The van der Waals surface area contributed by atoms with Crippen LogP contribution in [0.4, 0.5) is 0 Å². The molecule has 0 spiro atoms. The van der Waals surface area contributed by atoms with E-state index in [1.165, 1.54) is 64.2 Å². The second-order valence-corrected chi connectivity index (χ2v) is 14.6. The Hall–Kier alpha value is 1.34. The number of unbranched alkanes of at least 4 members (excludes halogenated alkanes) is 9. The van der Waals surface area contributed by atoms with Gasteiger partial charge in [-0.15, -0.1) is 0 Å². The maximum atomic E-state index is 6.20. The van der Waals surface area contributed by atoms with Crippen molar-refractivity contribution in [2.45, 2.75) is 83.1 Å². The highest BCUT2D eigenvalue weighted by molar-refractivity contribution is 6.48. The van der Waals surface area contributed by atoms with E-state index in [-0.39, 0.29) is 50.0 Å². The zero-order chi connectivity index (χ0) is 24.4. The summed E-state index contributed by atoms with van der Waals surface area (Å²) in [6.45, 7) is 7.66. The molecule has 0 aliphatic rings. The van der Waals surface area contributed by atoms with E-state index in [1.807, 2.05) is 0 Å². The van der Waals surface area contributed by atoms with Gasteiger partial charge in [0.25, 0.3) is 0 Å². The van der Waals surface area contributed by atoms with Gasteiger partial charge >= 0.3 is 50.0 Å². The monoisotopic (exact) mass is 609 g/mol. The van der Waals surface area contributed by atoms with Crippen molar-refractivity contribution in [3.63, 3.8) is 0 Å². The van der Waals surface area contributed by atoms with Crippen LogP contribution in [0, 0.1) is 5.92 Å². The Labute approximate surface area is 229 Å². The van der Waals surface area contributed by atoms with E-state index in [1.54, 1.807) is 0 Å². The molecule has 15 radical (unpaired) electrons. The molecular formula is C18H31Cl2O6Si7. The van der Waals surface area contributed by atoms with Gasteiger partial charge in [-0.3, -0.25) is 0 Å². The first-order valence-electron chi connectivity index (χ1n) is 10.8. The van der Waals surface area contributed by atoms with Gasteiger partial charge < -0.3 is 24.7 Å². The Bertz CT molecular complexity index is 472. The predicted molar refractivity (Wildman–Crippen MR) is 140 cm³/mol. The van der Waals surface area contributed by atoms with Crippen LogP contribution in [0.3, 0.4) is 0 Å². The second-order valence-electron chi connectivity index (χ2n) is 7.11. The van der Waals surface area contributed by atoms with E-state index in [0.29, 0.717) is 15.7 Å². The van der Waals surface area contributed by atoms with Crippen molar-refractivity contribution >= 4 is 93.5 Å². The fourth-order valence-electron chi connectivity index (χ4n) is 2.84. The van der Waals surface area contributed by atoms with Crippen LogP contribution in [-0.2, 0) is 24.7 Å². The average molecular weight is 611 g/mol. The lowest BCUT2D eigenvalue weighted by Gasteiger charge is -2.14. The topological polar surface area (TPSA) is 55.4 Å². The van der Waals surface area contributed by atoms with Crippen molar-refractivity contribution in [2.24, 2.45) is 5.92 Å². The molecule has 0 N–H and O–H groups in total. The van der Waals surface area contributed by atoms with Crippen LogP contribution in [0.5, 0.6) is 0 Å². The maximum absolute atomic E-state index is 6.20. The van der Waals surface area contributed by atoms with Gasteiger partial charge in [0, 0.05) is 10.1 Å². The van der Waals surface area contributed by atoms with Crippen molar-refractivity contribution in [3.8, 4) is 0 Å². The van der Waals surface area contributed by atoms with Gasteiger partial charge in [0.05, 0.1) is 0 Å². The minimum atomic E-state index is -0.131. The van der Waals surface area contributed by atoms with Gasteiger partial charge in [0.1, 0.15) is 0 Å². The van der Waals surface area contributed by atoms with Gasteiger partial charge in [0.2, 0.25) is 20.2 Å². The number of allylic oxidation sites excluding steroid dienone is 2. The van der Waals surface area contributed by atoms with Crippen LogP contribution in [0.15, 0.2) is 23.2 Å². The summed E-state index contributed by atoms with van der Waals surface area (Å²) >= 11 is 12.0. The summed E-state index contributed by atoms with van der Waals surface area (Å²) in [5, 5.41) is 1.51. The Balaban J connectivity index is 3.43. The molecule has 0 saturated heterocycles. The van der Waals surface area contributed by atoms with E-state index in [9.17, 15) is 0 Å². The third kappa shape index (κ3) is 27.8. The molecule has 0 aliphatic heterocycles. The molecule has 1 unspecified atom stereocenters. The first-order chi connectivity index (χ1) is 16.1. The molecule has 0 aromatic heterocycles. The highest BCUT2D eigenvalue weighted by Crippen LogP contribution is 2.24. The van der Waals surface area contributed by atoms with E-state index in [4.69, 9.17) is 43.8 Å². The van der Waals surface area contributed by atoms with Gasteiger partial charge in [-0.2, -0.15) is 0 Å². The normalized spacial score (nSPS) is 12.2. The van der Waals surface area contributed by atoms with Crippen LogP contribution >= 0.6 is 23.2 Å². The van der Waals surface area contributed by atoms with Crippen molar-refractivity contribution < 1.29 is 24.7 Å². The zero-order valence-electron chi connectivity index (χ0n) is 18.9. The minimum Gasteiger partial charge on any atom is -0.435 e. The molecule has 0 saturated carbocycles. The van der Waals surface area contributed by atoms with Crippen LogP contribution in [0.25, 0.3) is 0 Å². The quantitative estimate of drug-likeness (QED) is 0.0995. The molecule has 6 nitrogen and oxygen atoms in total. The second kappa shape index (κ2) is 27.9. The van der Waals surface area contributed by atoms with Gasteiger partial charge in [-0.1, -0.05) is 94.1 Å². The highest BCUT2D eigenvalue weighted by atomic mass is 35.5. The minimum absolute atomic E-state index is 0.0504. The molecule has 0 aromatic rings. The standard InChI is InChI=1S/C18H31Cl2O6Si7/c1-16(19)13-11-9-7-5-3-4-6-8-10-12-14-18(17(2)20)15-28-22-30-24-32-26-33-25-31-23-29-21-27/h18H,1-15H2. The van der Waals surface area contributed by atoms with Gasteiger partial charge in [0.15, 0.2) is 0 Å². The Morgan fingerprint density at radius 1 is 0.667 bits per heavy atom. The van der Waals surface area contributed by atoms with Gasteiger partial charge in [-0.05, 0) is 31.2 Å². The summed E-state index contributed by atoms with van der Waals surface area (Å²) in [5.41, 5.74) is 0. The molecule has 33 heavy (non-hydrogen) atoms. The lowest BCUT2D eigenvalue weighted by molar-refractivity contribution is 0.378. The predicted octanol–water partition coefficient (Wildman–Crippen LogP) is 4.68. The van der Waals surface area contributed by atoms with Crippen LogP contribution in [0.1, 0.15) is 77.0 Å². The van der Waals surface area contributed by atoms with Crippen LogP contribution < -0.4 is 0 Å². The van der Waals surface area contributed by atoms with Crippen molar-refractivity contribution in [1.29, 1.82) is 0 Å². The number of hydrogen-bond acceptors (Lipinski definition) is 6. The molecule has 1 atom stereocenters. The largest absolute Gasteiger partial charge is 0.435 e. The molecule has 0 bridgehead atoms. The highest BCUT2D eigenvalue weighted by Gasteiger charge is 2.12. The molecular weight excluding hydrogens is 580 g/mol. The molecule has 0 amide bonds. The summed E-state index contributed by atoms with van der Waals surface area (Å²) < 4.78 is 30.7. The molecule has 0 rings (SSSR count). The van der Waals surface area contributed by atoms with Crippen LogP contribution in [0.2, 0.25) is 6.04 Å². The molecule has 15 heteroatoms. The summed E-state index contributed by atoms with van der Waals surface area (Å²) in [6.07, 6.45) is 14.8. The number of hydrogen-bond donors (Lipinski definition) is 0. The summed E-state index contributed by atoms with van der Waals surface area (Å²) in [6, 6.07) is 0.888. The third-order valence-corrected chi connectivity index (χ3v) is 9.58. The third-order valence-electron chi connectivity index (χ3n) is 4.51. The van der Waals surface area contributed by atoms with E-state index >= 15 is 0 Å². The molecule has 0 aliphatic carbocycles. The zero-order valence-corrected chi connectivity index (χ0v) is 27.4. The average Bonchev–Trinajstić information content (AvgIpc) is 2.78. The summed E-state index contributed by atoms with van der Waals surface area (Å²) in [4.78, 5) is 0.